The van der Waals surface area contributed by atoms with Gasteiger partial charge in [0.25, 0.3) is 10.1 Å². The van der Waals surface area contributed by atoms with Crippen molar-refractivity contribution < 1.29 is 13.0 Å². The largest absolute Gasteiger partial charge is 0.285 e. The Labute approximate surface area is 127 Å². The van der Waals surface area contributed by atoms with Crippen LogP contribution in [0.3, 0.4) is 0 Å². The normalized spacial score (nSPS) is 16.8. The Bertz CT molecular complexity index is 552. The molecular weight excluding hydrogens is 284 g/mol. The third-order valence-corrected chi connectivity index (χ3v) is 4.73. The average Bonchev–Trinajstić information content (AvgIpc) is 2.96. The Morgan fingerprint density at radius 3 is 2.38 bits per heavy atom. The molecule has 0 aromatic heterocycles. The van der Waals surface area contributed by atoms with Crippen molar-refractivity contribution >= 4 is 10.1 Å². The molecule has 0 unspecified atom stereocenters. The smallest absolute Gasteiger partial charge is 0.268 e. The predicted molar refractivity (Wildman–Crippen MR) is 86.1 cm³/mol. The van der Waals surface area contributed by atoms with Crippen LogP contribution in [0.4, 0.5) is 0 Å². The molecule has 1 saturated carbocycles. The van der Waals surface area contributed by atoms with Crippen LogP contribution in [-0.4, -0.2) is 18.7 Å². The van der Waals surface area contributed by atoms with E-state index in [1.807, 2.05) is 6.08 Å². The van der Waals surface area contributed by atoms with Gasteiger partial charge in [-0.1, -0.05) is 49.3 Å². The van der Waals surface area contributed by atoms with Crippen molar-refractivity contribution in [2.75, 3.05) is 5.75 Å². The van der Waals surface area contributed by atoms with Gasteiger partial charge >= 0.3 is 0 Å². The second-order valence-electron chi connectivity index (χ2n) is 5.84. The third kappa shape index (κ3) is 6.02. The summed E-state index contributed by atoms with van der Waals surface area (Å²) in [6.45, 7) is 0. The van der Waals surface area contributed by atoms with Crippen molar-refractivity contribution in [3.8, 4) is 0 Å². The maximum atomic E-state index is 10.5. The molecular formula is C17H24O3S. The van der Waals surface area contributed by atoms with Gasteiger partial charge in [-0.15, -0.1) is 0 Å². The van der Waals surface area contributed by atoms with Crippen molar-refractivity contribution in [3.63, 3.8) is 0 Å². The van der Waals surface area contributed by atoms with Crippen molar-refractivity contribution in [1.29, 1.82) is 0 Å². The molecule has 0 amide bonds. The average molecular weight is 308 g/mol. The molecule has 1 aromatic carbocycles. The molecule has 1 aliphatic rings. The summed E-state index contributed by atoms with van der Waals surface area (Å²) < 4.78 is 29.7. The van der Waals surface area contributed by atoms with Crippen LogP contribution in [0.2, 0.25) is 0 Å². The van der Waals surface area contributed by atoms with Gasteiger partial charge in [0.1, 0.15) is 0 Å². The number of allylic oxidation sites excluding steroid dienone is 1. The van der Waals surface area contributed by atoms with Crippen LogP contribution < -0.4 is 0 Å². The lowest BCUT2D eigenvalue weighted by Gasteiger charge is -2.10. The molecule has 1 aromatic rings. The van der Waals surface area contributed by atoms with Crippen molar-refractivity contribution in [2.24, 2.45) is 0 Å². The van der Waals surface area contributed by atoms with E-state index in [0.29, 0.717) is 0 Å². The minimum atomic E-state index is -3.86. The zero-order valence-corrected chi connectivity index (χ0v) is 13.2. The minimum absolute atomic E-state index is 0.289. The number of rotatable bonds is 7. The predicted octanol–water partition coefficient (Wildman–Crippen LogP) is 4.11. The van der Waals surface area contributed by atoms with E-state index in [1.54, 1.807) is 0 Å². The van der Waals surface area contributed by atoms with Crippen LogP contribution in [0, 0.1) is 0 Å². The molecule has 0 atom stereocenters. The minimum Gasteiger partial charge on any atom is -0.285 e. The van der Waals surface area contributed by atoms with E-state index in [9.17, 15) is 8.42 Å². The van der Waals surface area contributed by atoms with Crippen LogP contribution in [0.1, 0.15) is 55.6 Å². The summed E-state index contributed by atoms with van der Waals surface area (Å²) >= 11 is 0. The fourth-order valence-corrected chi connectivity index (χ4v) is 3.33. The summed E-state index contributed by atoms with van der Waals surface area (Å²) in [5.74, 6) is 0.478. The Hall–Kier alpha value is -1.13. The Kier molecular flexibility index (Phi) is 6.00. The summed E-state index contributed by atoms with van der Waals surface area (Å²) in [5, 5.41) is 0. The fraction of sp³-hybridized carbons (Fsp3) is 0.529. The highest BCUT2D eigenvalue weighted by atomic mass is 32.2. The molecule has 21 heavy (non-hydrogen) atoms. The van der Waals surface area contributed by atoms with Gasteiger partial charge in [-0.05, 0) is 49.1 Å². The van der Waals surface area contributed by atoms with E-state index in [4.69, 9.17) is 4.55 Å². The van der Waals surface area contributed by atoms with Gasteiger partial charge < -0.3 is 0 Å². The molecule has 0 saturated heterocycles. The first-order valence-electron chi connectivity index (χ1n) is 7.73. The molecule has 0 heterocycles. The molecule has 0 spiro atoms. The maximum Gasteiger partial charge on any atom is 0.268 e. The van der Waals surface area contributed by atoms with E-state index in [-0.39, 0.29) is 5.75 Å². The maximum absolute atomic E-state index is 10.5. The molecule has 3 nitrogen and oxygen atoms in total. The van der Waals surface area contributed by atoms with Gasteiger partial charge in [0.2, 0.25) is 0 Å². The quantitative estimate of drug-likeness (QED) is 0.468. The van der Waals surface area contributed by atoms with Gasteiger partial charge in [-0.2, -0.15) is 8.42 Å². The molecule has 1 aliphatic carbocycles. The Morgan fingerprint density at radius 1 is 1.10 bits per heavy atom. The van der Waals surface area contributed by atoms with Crippen LogP contribution >= 0.6 is 0 Å². The van der Waals surface area contributed by atoms with Gasteiger partial charge in [0.15, 0.2) is 0 Å². The molecule has 0 aliphatic heterocycles. The standard InChI is InChI=1S/C17H24O3S/c18-21(19,20)14-6-2-1-3-7-15-10-12-17(13-11-15)16-8-4-5-9-16/h2,6,10-13,16H,1,3-5,7-9,14H2,(H,18,19,20). The van der Waals surface area contributed by atoms with Crippen LogP contribution in [0.15, 0.2) is 36.4 Å². The van der Waals surface area contributed by atoms with Crippen LogP contribution in [0.5, 0.6) is 0 Å². The first kappa shape index (κ1) is 16.2. The van der Waals surface area contributed by atoms with Gasteiger partial charge in [0.05, 0.1) is 5.75 Å². The summed E-state index contributed by atoms with van der Waals surface area (Å²) in [6.07, 6.45) is 11.5. The lowest BCUT2D eigenvalue weighted by Crippen LogP contribution is -2.00. The molecule has 1 fully saturated rings. The molecule has 4 heteroatoms. The lowest BCUT2D eigenvalue weighted by molar-refractivity contribution is 0.486. The van der Waals surface area contributed by atoms with Crippen molar-refractivity contribution in [2.45, 2.75) is 50.9 Å². The zero-order chi connectivity index (χ0) is 15.1. The van der Waals surface area contributed by atoms with Crippen molar-refractivity contribution in [1.82, 2.24) is 0 Å². The second-order valence-corrected chi connectivity index (χ2v) is 7.33. The summed E-state index contributed by atoms with van der Waals surface area (Å²) in [5.41, 5.74) is 2.81. The Balaban J connectivity index is 1.71. The molecule has 0 radical (unpaired) electrons. The number of unbranched alkanes of at least 4 members (excludes halogenated alkanes) is 1. The van der Waals surface area contributed by atoms with Crippen LogP contribution in [0.25, 0.3) is 0 Å². The highest BCUT2D eigenvalue weighted by molar-refractivity contribution is 7.85. The molecule has 116 valence electrons. The highest BCUT2D eigenvalue weighted by Crippen LogP contribution is 2.34. The van der Waals surface area contributed by atoms with Crippen molar-refractivity contribution in [3.05, 3.63) is 47.5 Å². The molecule has 0 bridgehead atoms. The molecule has 1 N–H and O–H groups in total. The van der Waals surface area contributed by atoms with Gasteiger partial charge in [-0.3, -0.25) is 4.55 Å². The van der Waals surface area contributed by atoms with Crippen LogP contribution in [-0.2, 0) is 16.5 Å². The van der Waals surface area contributed by atoms with E-state index in [2.05, 4.69) is 24.3 Å². The fourth-order valence-electron chi connectivity index (χ4n) is 2.95. The lowest BCUT2D eigenvalue weighted by atomic mass is 9.96. The SMILES string of the molecule is O=S(=O)(O)CC=CCCCc1ccc(C2CCCC2)cc1. The van der Waals surface area contributed by atoms with E-state index < -0.39 is 10.1 Å². The summed E-state index contributed by atoms with van der Waals surface area (Å²) in [6, 6.07) is 8.96. The topological polar surface area (TPSA) is 54.4 Å². The highest BCUT2D eigenvalue weighted by Gasteiger charge is 2.16. The summed E-state index contributed by atoms with van der Waals surface area (Å²) in [7, 11) is -3.86. The third-order valence-electron chi connectivity index (χ3n) is 4.12. The number of hydrogen-bond acceptors (Lipinski definition) is 2. The number of aryl methyl sites for hydroxylation is 1. The second kappa shape index (κ2) is 7.76. The number of hydrogen-bond donors (Lipinski definition) is 1. The zero-order valence-electron chi connectivity index (χ0n) is 12.4. The molecule has 2 rings (SSSR count). The summed E-state index contributed by atoms with van der Waals surface area (Å²) in [4.78, 5) is 0. The monoisotopic (exact) mass is 308 g/mol. The van der Waals surface area contributed by atoms with Gasteiger partial charge in [-0.25, -0.2) is 0 Å². The Morgan fingerprint density at radius 2 is 1.76 bits per heavy atom. The first-order valence-corrected chi connectivity index (χ1v) is 9.34. The van der Waals surface area contributed by atoms with E-state index in [0.717, 1.165) is 25.2 Å². The first-order chi connectivity index (χ1) is 10.0. The number of benzene rings is 1. The van der Waals surface area contributed by atoms with Gasteiger partial charge in [0, 0.05) is 0 Å². The van der Waals surface area contributed by atoms with E-state index >= 15 is 0 Å². The van der Waals surface area contributed by atoms with E-state index in [1.165, 1.54) is 42.9 Å².